The van der Waals surface area contributed by atoms with E-state index in [1.54, 1.807) is 24.3 Å². The van der Waals surface area contributed by atoms with Gasteiger partial charge in [-0.15, -0.1) is 0 Å². The van der Waals surface area contributed by atoms with E-state index >= 15 is 0 Å². The molecule has 0 aliphatic carbocycles. The van der Waals surface area contributed by atoms with Gasteiger partial charge in [0.2, 0.25) is 0 Å². The van der Waals surface area contributed by atoms with Crippen LogP contribution in [0.2, 0.25) is 0 Å². The highest BCUT2D eigenvalue weighted by Gasteiger charge is 2.13. The van der Waals surface area contributed by atoms with Gasteiger partial charge in [-0.2, -0.15) is 0 Å². The minimum absolute atomic E-state index is 0.151. The summed E-state index contributed by atoms with van der Waals surface area (Å²) in [6.45, 7) is 1.51. The van der Waals surface area contributed by atoms with E-state index in [9.17, 15) is 9.59 Å². The maximum atomic E-state index is 10.8. The fourth-order valence-corrected chi connectivity index (χ4v) is 1.18. The molecule has 3 N–H and O–H groups in total. The zero-order chi connectivity index (χ0) is 12.1. The lowest BCUT2D eigenvalue weighted by molar-refractivity contribution is -0.136. The lowest BCUT2D eigenvalue weighted by Gasteiger charge is -2.13. The molecule has 0 spiro atoms. The Labute approximate surface area is 92.8 Å². The summed E-state index contributed by atoms with van der Waals surface area (Å²) >= 11 is 0. The highest BCUT2D eigenvalue weighted by atomic mass is 16.5. The molecule has 1 amide bonds. The molecule has 86 valence electrons. The van der Waals surface area contributed by atoms with E-state index in [0.717, 1.165) is 0 Å². The van der Waals surface area contributed by atoms with Crippen molar-refractivity contribution in [3.8, 4) is 5.75 Å². The fourth-order valence-electron chi connectivity index (χ4n) is 1.18. The number of aliphatic carboxylic acids is 1. The average molecular weight is 223 g/mol. The second-order valence-corrected chi connectivity index (χ2v) is 3.34. The van der Waals surface area contributed by atoms with Gasteiger partial charge in [0.1, 0.15) is 5.75 Å². The molecule has 1 rings (SSSR count). The van der Waals surface area contributed by atoms with E-state index in [4.69, 9.17) is 15.6 Å². The molecule has 0 aromatic heterocycles. The van der Waals surface area contributed by atoms with Crippen molar-refractivity contribution >= 4 is 11.9 Å². The lowest BCUT2D eigenvalue weighted by atomic mass is 10.1. The smallest absolute Gasteiger partial charge is 0.307 e. The average Bonchev–Trinajstić information content (AvgIpc) is 2.20. The van der Waals surface area contributed by atoms with Crippen molar-refractivity contribution in [2.75, 3.05) is 0 Å². The van der Waals surface area contributed by atoms with Crippen molar-refractivity contribution in [1.29, 1.82) is 0 Å². The summed E-state index contributed by atoms with van der Waals surface area (Å²) in [5, 5.41) is 8.69. The van der Waals surface area contributed by atoms with E-state index in [1.165, 1.54) is 6.92 Å². The summed E-state index contributed by atoms with van der Waals surface area (Å²) in [6, 6.07) is 6.66. The van der Waals surface area contributed by atoms with Crippen LogP contribution >= 0.6 is 0 Å². The predicted octanol–water partition coefficient (Wildman–Crippen LogP) is 0.566. The summed E-state index contributed by atoms with van der Waals surface area (Å²) in [5.74, 6) is -1.18. The number of carboxylic acid groups (broad SMARTS) is 1. The number of ether oxygens (including phenoxy) is 1. The third-order valence-corrected chi connectivity index (χ3v) is 2.02. The van der Waals surface area contributed by atoms with Gasteiger partial charge < -0.3 is 15.6 Å². The number of primary amides is 1. The molecule has 1 unspecified atom stereocenters. The molecular formula is C11H13NO4. The SMILES string of the molecule is CC(Oc1ccccc1CC(=O)O)C(N)=O. The van der Waals surface area contributed by atoms with Gasteiger partial charge in [0.05, 0.1) is 6.42 Å². The Hall–Kier alpha value is -2.04. The van der Waals surface area contributed by atoms with Gasteiger partial charge in [-0.05, 0) is 13.0 Å². The molecule has 0 fully saturated rings. The molecule has 16 heavy (non-hydrogen) atoms. The topological polar surface area (TPSA) is 89.6 Å². The molecule has 0 heterocycles. The zero-order valence-corrected chi connectivity index (χ0v) is 8.84. The van der Waals surface area contributed by atoms with Crippen molar-refractivity contribution in [3.63, 3.8) is 0 Å². The van der Waals surface area contributed by atoms with Crippen LogP contribution in [0.4, 0.5) is 0 Å². The van der Waals surface area contributed by atoms with Crippen molar-refractivity contribution in [2.45, 2.75) is 19.4 Å². The first-order valence-electron chi connectivity index (χ1n) is 4.76. The van der Waals surface area contributed by atoms with Crippen molar-refractivity contribution in [2.24, 2.45) is 5.73 Å². The molecular weight excluding hydrogens is 210 g/mol. The summed E-state index contributed by atoms with van der Waals surface area (Å²) in [7, 11) is 0. The molecule has 0 aliphatic heterocycles. The molecule has 5 heteroatoms. The molecule has 5 nitrogen and oxygen atoms in total. The Kier molecular flexibility index (Phi) is 3.88. The second kappa shape index (κ2) is 5.16. The monoisotopic (exact) mass is 223 g/mol. The molecule has 1 aromatic rings. The Morgan fingerprint density at radius 2 is 2.06 bits per heavy atom. The summed E-state index contributed by atoms with van der Waals surface area (Å²) in [4.78, 5) is 21.4. The first kappa shape index (κ1) is 12.0. The summed E-state index contributed by atoms with van der Waals surface area (Å²) in [6.07, 6.45) is -0.934. The van der Waals surface area contributed by atoms with Gasteiger partial charge in [0, 0.05) is 5.56 Å². The van der Waals surface area contributed by atoms with Crippen molar-refractivity contribution in [1.82, 2.24) is 0 Å². The maximum absolute atomic E-state index is 10.8. The van der Waals surface area contributed by atoms with Crippen molar-refractivity contribution < 1.29 is 19.4 Å². The first-order chi connectivity index (χ1) is 7.50. The number of hydrogen-bond donors (Lipinski definition) is 2. The Morgan fingerprint density at radius 1 is 1.44 bits per heavy atom. The highest BCUT2D eigenvalue weighted by molar-refractivity contribution is 5.79. The van der Waals surface area contributed by atoms with Crippen LogP contribution in [0.5, 0.6) is 5.75 Å². The van der Waals surface area contributed by atoms with E-state index in [0.29, 0.717) is 11.3 Å². The van der Waals surface area contributed by atoms with E-state index in [1.807, 2.05) is 0 Å². The van der Waals surface area contributed by atoms with Crippen LogP contribution in [0.3, 0.4) is 0 Å². The lowest BCUT2D eigenvalue weighted by Crippen LogP contribution is -2.31. The van der Waals surface area contributed by atoms with Gasteiger partial charge in [-0.3, -0.25) is 9.59 Å². The first-order valence-corrected chi connectivity index (χ1v) is 4.76. The van der Waals surface area contributed by atoms with Gasteiger partial charge >= 0.3 is 5.97 Å². The standard InChI is InChI=1S/C11H13NO4/c1-7(11(12)15)16-9-5-3-2-4-8(9)6-10(13)14/h2-5,7H,6H2,1H3,(H2,12,15)(H,13,14). The highest BCUT2D eigenvalue weighted by Crippen LogP contribution is 2.19. The molecule has 1 atom stereocenters. The van der Waals surface area contributed by atoms with Crippen LogP contribution < -0.4 is 10.5 Å². The quantitative estimate of drug-likeness (QED) is 0.763. The van der Waals surface area contributed by atoms with Gasteiger partial charge in [-0.25, -0.2) is 0 Å². The number of nitrogens with two attached hydrogens (primary N) is 1. The summed E-state index contributed by atoms with van der Waals surface area (Å²) in [5.41, 5.74) is 5.57. The van der Waals surface area contributed by atoms with E-state index < -0.39 is 18.0 Å². The number of benzene rings is 1. The zero-order valence-electron chi connectivity index (χ0n) is 8.84. The van der Waals surface area contributed by atoms with Gasteiger partial charge in [-0.1, -0.05) is 18.2 Å². The Morgan fingerprint density at radius 3 is 2.62 bits per heavy atom. The molecule has 0 aliphatic rings. The third-order valence-electron chi connectivity index (χ3n) is 2.02. The number of carbonyl (C=O) groups excluding carboxylic acids is 1. The number of carbonyl (C=O) groups is 2. The number of amides is 1. The number of carboxylic acids is 1. The van der Waals surface area contributed by atoms with Crippen LogP contribution in [-0.2, 0) is 16.0 Å². The van der Waals surface area contributed by atoms with Crippen LogP contribution in [0.1, 0.15) is 12.5 Å². The van der Waals surface area contributed by atoms with E-state index in [2.05, 4.69) is 0 Å². The molecule has 0 saturated carbocycles. The molecule has 1 aromatic carbocycles. The number of hydrogen-bond acceptors (Lipinski definition) is 3. The van der Waals surface area contributed by atoms with Gasteiger partial charge in [0.15, 0.2) is 6.10 Å². The van der Waals surface area contributed by atoms with Crippen LogP contribution in [0, 0.1) is 0 Å². The minimum Gasteiger partial charge on any atom is -0.481 e. The summed E-state index contributed by atoms with van der Waals surface area (Å²) < 4.78 is 5.27. The number of para-hydroxylation sites is 1. The normalized spacial score (nSPS) is 11.8. The Bertz CT molecular complexity index is 403. The van der Waals surface area contributed by atoms with Gasteiger partial charge in [0.25, 0.3) is 5.91 Å². The largest absolute Gasteiger partial charge is 0.481 e. The van der Waals surface area contributed by atoms with Crippen molar-refractivity contribution in [3.05, 3.63) is 29.8 Å². The van der Waals surface area contributed by atoms with E-state index in [-0.39, 0.29) is 6.42 Å². The molecule has 0 saturated heterocycles. The minimum atomic E-state index is -0.956. The fraction of sp³-hybridized carbons (Fsp3) is 0.273. The second-order valence-electron chi connectivity index (χ2n) is 3.34. The number of rotatable bonds is 5. The predicted molar refractivity (Wildman–Crippen MR) is 57.1 cm³/mol. The molecule has 0 radical (unpaired) electrons. The maximum Gasteiger partial charge on any atom is 0.307 e. The molecule has 0 bridgehead atoms. The van der Waals surface area contributed by atoms with Crippen LogP contribution in [0.25, 0.3) is 0 Å². The van der Waals surface area contributed by atoms with Crippen LogP contribution in [0.15, 0.2) is 24.3 Å². The van der Waals surface area contributed by atoms with Crippen LogP contribution in [-0.4, -0.2) is 23.1 Å². The Balaban J connectivity index is 2.86. The third kappa shape index (κ3) is 3.27.